The summed E-state index contributed by atoms with van der Waals surface area (Å²) in [6.45, 7) is 3.98. The minimum Gasteiger partial charge on any atom is -0.462 e. The fraction of sp³-hybridized carbons (Fsp3) is 0.818. The second-order valence-corrected chi connectivity index (χ2v) is 4.33. The third-order valence-corrected chi connectivity index (χ3v) is 2.36. The minimum absolute atomic E-state index is 0.0149. The molecule has 3 heteroatoms. The highest BCUT2D eigenvalue weighted by Gasteiger charge is 2.21. The molecule has 1 saturated carbocycles. The Labute approximate surface area is 84.8 Å². The number of hydrogen-bond donors (Lipinski definition) is 0. The molecule has 0 aromatic carbocycles. The Bertz CT molecular complexity index is 211. The molecule has 0 unspecified atom stereocenters. The van der Waals surface area contributed by atoms with Crippen LogP contribution in [0.15, 0.2) is 0 Å². The van der Waals surface area contributed by atoms with Crippen LogP contribution >= 0.6 is 0 Å². The van der Waals surface area contributed by atoms with Crippen molar-refractivity contribution >= 4 is 11.8 Å². The summed E-state index contributed by atoms with van der Waals surface area (Å²) in [6.07, 6.45) is 3.02. The molecule has 0 saturated heterocycles. The first-order chi connectivity index (χ1) is 6.58. The van der Waals surface area contributed by atoms with Gasteiger partial charge in [0.15, 0.2) is 0 Å². The lowest BCUT2D eigenvalue weighted by Gasteiger charge is -2.21. The number of ether oxygens (including phenoxy) is 1. The summed E-state index contributed by atoms with van der Waals surface area (Å²) in [7, 11) is 0. The average Bonchev–Trinajstić information content (AvgIpc) is 2.07. The van der Waals surface area contributed by atoms with Crippen molar-refractivity contribution in [3.05, 3.63) is 0 Å². The summed E-state index contributed by atoms with van der Waals surface area (Å²) in [6, 6.07) is 0. The van der Waals surface area contributed by atoms with Crippen molar-refractivity contribution in [2.24, 2.45) is 5.92 Å². The van der Waals surface area contributed by atoms with Crippen molar-refractivity contribution in [1.82, 2.24) is 0 Å². The van der Waals surface area contributed by atoms with Gasteiger partial charge in [-0.1, -0.05) is 13.8 Å². The molecule has 0 amide bonds. The Hall–Kier alpha value is -0.860. The highest BCUT2D eigenvalue weighted by atomic mass is 16.5. The Morgan fingerprint density at radius 3 is 2.50 bits per heavy atom. The number of carbonyl (C=O) groups excluding carboxylic acids is 2. The monoisotopic (exact) mass is 198 g/mol. The maximum atomic E-state index is 11.3. The lowest BCUT2D eigenvalue weighted by Crippen LogP contribution is -2.24. The molecule has 0 bridgehead atoms. The predicted molar refractivity (Wildman–Crippen MR) is 52.8 cm³/mol. The fourth-order valence-electron chi connectivity index (χ4n) is 1.60. The van der Waals surface area contributed by atoms with Crippen LogP contribution in [0.4, 0.5) is 0 Å². The van der Waals surface area contributed by atoms with Gasteiger partial charge in [-0.2, -0.15) is 0 Å². The van der Waals surface area contributed by atoms with Crippen LogP contribution in [0.25, 0.3) is 0 Å². The molecule has 0 spiro atoms. The van der Waals surface area contributed by atoms with Gasteiger partial charge in [0, 0.05) is 19.3 Å². The largest absolute Gasteiger partial charge is 0.462 e. The first kappa shape index (κ1) is 11.2. The van der Waals surface area contributed by atoms with Gasteiger partial charge in [-0.3, -0.25) is 9.59 Å². The second kappa shape index (κ2) is 5.13. The van der Waals surface area contributed by atoms with Crippen molar-refractivity contribution in [3.8, 4) is 0 Å². The molecule has 1 aliphatic rings. The van der Waals surface area contributed by atoms with Gasteiger partial charge in [-0.25, -0.2) is 0 Å². The maximum Gasteiger partial charge on any atom is 0.306 e. The van der Waals surface area contributed by atoms with Gasteiger partial charge in [0.2, 0.25) is 0 Å². The molecule has 0 N–H and O–H groups in total. The van der Waals surface area contributed by atoms with Crippen molar-refractivity contribution in [1.29, 1.82) is 0 Å². The number of Topliss-reactive ketones (excluding diaryl/α,β-unsaturated/α-hetero) is 1. The van der Waals surface area contributed by atoms with Crippen molar-refractivity contribution in [3.63, 3.8) is 0 Å². The Morgan fingerprint density at radius 1 is 1.43 bits per heavy atom. The zero-order valence-corrected chi connectivity index (χ0v) is 8.91. The molecular formula is C11H18O3. The smallest absolute Gasteiger partial charge is 0.306 e. The Morgan fingerprint density at radius 2 is 2.00 bits per heavy atom. The molecule has 0 radical (unpaired) electrons. The molecular weight excluding hydrogens is 180 g/mol. The van der Waals surface area contributed by atoms with E-state index in [1.54, 1.807) is 0 Å². The highest BCUT2D eigenvalue weighted by molar-refractivity contribution is 5.79. The van der Waals surface area contributed by atoms with Crippen LogP contribution in [-0.2, 0) is 14.3 Å². The predicted octanol–water partition coefficient (Wildman–Crippen LogP) is 2.09. The molecule has 14 heavy (non-hydrogen) atoms. The van der Waals surface area contributed by atoms with Crippen LogP contribution in [0.2, 0.25) is 0 Å². The van der Waals surface area contributed by atoms with E-state index < -0.39 is 0 Å². The van der Waals surface area contributed by atoms with Gasteiger partial charge in [0.1, 0.15) is 11.9 Å². The van der Waals surface area contributed by atoms with E-state index in [-0.39, 0.29) is 12.1 Å². The number of hydrogen-bond acceptors (Lipinski definition) is 3. The van der Waals surface area contributed by atoms with Crippen LogP contribution < -0.4 is 0 Å². The normalized spacial score (nSPS) is 18.6. The summed E-state index contributed by atoms with van der Waals surface area (Å²) in [5.41, 5.74) is 0. The van der Waals surface area contributed by atoms with Gasteiger partial charge in [0.05, 0.1) is 0 Å². The Balaban J connectivity index is 2.24. The van der Waals surface area contributed by atoms with Gasteiger partial charge in [-0.15, -0.1) is 0 Å². The molecule has 3 nitrogen and oxygen atoms in total. The average molecular weight is 198 g/mol. The van der Waals surface area contributed by atoms with Crippen LogP contribution in [0.1, 0.15) is 46.0 Å². The maximum absolute atomic E-state index is 11.3. The zero-order chi connectivity index (χ0) is 10.6. The summed E-state index contributed by atoms with van der Waals surface area (Å²) >= 11 is 0. The number of esters is 1. The van der Waals surface area contributed by atoms with E-state index in [1.165, 1.54) is 0 Å². The zero-order valence-electron chi connectivity index (χ0n) is 8.91. The van der Waals surface area contributed by atoms with E-state index in [9.17, 15) is 9.59 Å². The van der Waals surface area contributed by atoms with Gasteiger partial charge in [0.25, 0.3) is 0 Å². The van der Waals surface area contributed by atoms with Crippen molar-refractivity contribution in [2.45, 2.75) is 52.1 Å². The SMILES string of the molecule is CC(C)CC(=O)OC1CCC(=O)CC1. The summed E-state index contributed by atoms with van der Waals surface area (Å²) < 4.78 is 5.26. The van der Waals surface area contributed by atoms with Crippen LogP contribution in [0.3, 0.4) is 0 Å². The topological polar surface area (TPSA) is 43.4 Å². The van der Waals surface area contributed by atoms with Gasteiger partial charge >= 0.3 is 5.97 Å². The van der Waals surface area contributed by atoms with E-state index in [0.717, 1.165) is 0 Å². The second-order valence-electron chi connectivity index (χ2n) is 4.33. The minimum atomic E-state index is -0.126. The molecule has 80 valence electrons. The molecule has 0 heterocycles. The molecule has 0 atom stereocenters. The van der Waals surface area contributed by atoms with Crippen LogP contribution in [0, 0.1) is 5.92 Å². The van der Waals surface area contributed by atoms with Gasteiger partial charge < -0.3 is 4.74 Å². The lowest BCUT2D eigenvalue weighted by molar-refractivity contribution is -0.152. The molecule has 1 fully saturated rings. The highest BCUT2D eigenvalue weighted by Crippen LogP contribution is 2.18. The summed E-state index contributed by atoms with van der Waals surface area (Å²) in [5.74, 6) is 0.508. The first-order valence-electron chi connectivity index (χ1n) is 5.29. The third-order valence-electron chi connectivity index (χ3n) is 2.36. The van der Waals surface area contributed by atoms with Gasteiger partial charge in [-0.05, 0) is 18.8 Å². The quantitative estimate of drug-likeness (QED) is 0.652. The Kier molecular flexibility index (Phi) is 4.11. The molecule has 0 aliphatic heterocycles. The van der Waals surface area contributed by atoms with Crippen molar-refractivity contribution in [2.75, 3.05) is 0 Å². The lowest BCUT2D eigenvalue weighted by atomic mass is 9.96. The van der Waals surface area contributed by atoms with E-state index in [2.05, 4.69) is 0 Å². The van der Waals surface area contributed by atoms with Crippen LogP contribution in [-0.4, -0.2) is 17.9 Å². The molecule has 1 rings (SSSR count). The van der Waals surface area contributed by atoms with E-state index in [1.807, 2.05) is 13.8 Å². The number of rotatable bonds is 3. The van der Waals surface area contributed by atoms with E-state index >= 15 is 0 Å². The fourth-order valence-corrected chi connectivity index (χ4v) is 1.60. The molecule has 0 aromatic heterocycles. The van der Waals surface area contributed by atoms with Crippen molar-refractivity contribution < 1.29 is 14.3 Å². The third kappa shape index (κ3) is 3.90. The standard InChI is InChI=1S/C11H18O3/c1-8(2)7-11(13)14-10-5-3-9(12)4-6-10/h8,10H,3-7H2,1-2H3. The van der Waals surface area contributed by atoms with E-state index in [4.69, 9.17) is 4.74 Å². The first-order valence-corrected chi connectivity index (χ1v) is 5.29. The van der Waals surface area contributed by atoms with Crippen LogP contribution in [0.5, 0.6) is 0 Å². The summed E-state index contributed by atoms with van der Waals surface area (Å²) in [4.78, 5) is 22.2. The van der Waals surface area contributed by atoms with E-state index in [0.29, 0.717) is 43.8 Å². The summed E-state index contributed by atoms with van der Waals surface area (Å²) in [5, 5.41) is 0. The molecule has 1 aliphatic carbocycles. The molecule has 0 aromatic rings. The number of ketones is 1. The number of carbonyl (C=O) groups is 2.